The van der Waals surface area contributed by atoms with Crippen LogP contribution >= 0.6 is 11.8 Å². The molecule has 2 aromatic rings. The van der Waals surface area contributed by atoms with E-state index in [1.54, 1.807) is 7.11 Å². The molecular formula is C21H26NOS2+. The summed E-state index contributed by atoms with van der Waals surface area (Å²) in [7, 11) is 1.76. The third-order valence-corrected chi connectivity index (χ3v) is 8.25. The van der Waals surface area contributed by atoms with Crippen molar-refractivity contribution in [1.29, 1.82) is 0 Å². The highest BCUT2D eigenvalue weighted by molar-refractivity contribution is 8.04. The van der Waals surface area contributed by atoms with Crippen molar-refractivity contribution >= 4 is 28.6 Å². The van der Waals surface area contributed by atoms with Crippen molar-refractivity contribution in [3.63, 3.8) is 0 Å². The van der Waals surface area contributed by atoms with Gasteiger partial charge in [-0.2, -0.15) is 0 Å². The van der Waals surface area contributed by atoms with Gasteiger partial charge in [0.1, 0.15) is 11.3 Å². The Morgan fingerprint density at radius 2 is 1.60 bits per heavy atom. The highest BCUT2D eigenvalue weighted by Gasteiger charge is 2.40. The summed E-state index contributed by atoms with van der Waals surface area (Å²) < 4.78 is 5.50. The summed E-state index contributed by atoms with van der Waals surface area (Å²) in [5.74, 6) is 1.86. The molecule has 1 heterocycles. The van der Waals surface area contributed by atoms with Crippen LogP contribution in [0.4, 0.5) is 0 Å². The monoisotopic (exact) mass is 372 g/mol. The summed E-state index contributed by atoms with van der Waals surface area (Å²) in [6, 6.07) is 17.6. The molecule has 1 aliphatic heterocycles. The van der Waals surface area contributed by atoms with Gasteiger partial charge in [-0.05, 0) is 44.5 Å². The Kier molecular flexibility index (Phi) is 5.80. The van der Waals surface area contributed by atoms with E-state index < -0.39 is 0 Å². The molecule has 2 nitrogen and oxygen atoms in total. The molecular weight excluding hydrogens is 346 g/mol. The summed E-state index contributed by atoms with van der Waals surface area (Å²) in [6.45, 7) is 6.61. The Bertz CT molecular complexity index is 724. The fourth-order valence-electron chi connectivity index (χ4n) is 3.01. The van der Waals surface area contributed by atoms with Gasteiger partial charge in [0.2, 0.25) is 0 Å². The summed E-state index contributed by atoms with van der Waals surface area (Å²) >= 11 is 1.89. The zero-order valence-electron chi connectivity index (χ0n) is 15.4. The normalized spacial score (nSPS) is 14.8. The van der Waals surface area contributed by atoms with Gasteiger partial charge in [-0.1, -0.05) is 43.0 Å². The largest absolute Gasteiger partial charge is 0.484 e. The smallest absolute Gasteiger partial charge is 0.183 e. The molecule has 0 N–H and O–H groups in total. The van der Waals surface area contributed by atoms with Crippen molar-refractivity contribution in [2.45, 2.75) is 58.7 Å². The Balaban J connectivity index is 1.97. The minimum Gasteiger partial charge on any atom is -0.484 e. The number of nitrogens with zero attached hydrogens (tertiary/aromatic N) is 1. The molecule has 132 valence electrons. The van der Waals surface area contributed by atoms with Gasteiger partial charge < -0.3 is 4.74 Å². The second-order valence-electron chi connectivity index (χ2n) is 6.80. The van der Waals surface area contributed by atoms with Crippen molar-refractivity contribution in [1.82, 2.24) is 0 Å². The number of hydrogen-bond acceptors (Lipinski definition) is 3. The quantitative estimate of drug-likeness (QED) is 0.375. The molecule has 0 spiro atoms. The topological polar surface area (TPSA) is 21.6 Å². The van der Waals surface area contributed by atoms with Gasteiger partial charge in [0.15, 0.2) is 15.7 Å². The van der Waals surface area contributed by atoms with Crippen molar-refractivity contribution < 1.29 is 4.74 Å². The van der Waals surface area contributed by atoms with Gasteiger partial charge in [0.05, 0.1) is 27.8 Å². The predicted molar refractivity (Wildman–Crippen MR) is 109 cm³/mol. The predicted octanol–water partition coefficient (Wildman–Crippen LogP) is 5.81. The second-order valence-corrected chi connectivity index (χ2v) is 9.84. The fourth-order valence-corrected chi connectivity index (χ4v) is 7.16. The number of ether oxygens (including phenoxy) is 1. The molecule has 3 rings (SSSR count). The lowest BCUT2D eigenvalue weighted by Crippen LogP contribution is -2.32. The lowest BCUT2D eigenvalue weighted by atomic mass is 10.1. The Morgan fingerprint density at radius 1 is 1.04 bits per heavy atom. The summed E-state index contributed by atoms with van der Waals surface area (Å²) in [6.07, 6.45) is 1.95. The van der Waals surface area contributed by atoms with E-state index in [1.807, 2.05) is 11.8 Å². The Labute approximate surface area is 158 Å². The molecule has 2 aromatic carbocycles. The summed E-state index contributed by atoms with van der Waals surface area (Å²) in [5, 5.41) is 0. The van der Waals surface area contributed by atoms with Crippen LogP contribution in [0.3, 0.4) is 0 Å². The van der Waals surface area contributed by atoms with E-state index in [-0.39, 0.29) is 16.4 Å². The number of benzene rings is 2. The zero-order chi connectivity index (χ0) is 17.9. The molecule has 4 heteroatoms. The molecule has 0 saturated carbocycles. The summed E-state index contributed by atoms with van der Waals surface area (Å²) in [4.78, 5) is 10.6. The number of methoxy groups -OCH3 is 1. The molecule has 0 aliphatic carbocycles. The van der Waals surface area contributed by atoms with Crippen molar-refractivity contribution in [2.24, 2.45) is 4.99 Å². The minimum absolute atomic E-state index is 0.0302. The van der Waals surface area contributed by atoms with Crippen LogP contribution in [0.1, 0.15) is 33.6 Å². The molecule has 1 aliphatic rings. The third-order valence-electron chi connectivity index (χ3n) is 4.07. The zero-order valence-corrected chi connectivity index (χ0v) is 17.0. The van der Waals surface area contributed by atoms with Crippen LogP contribution < -0.4 is 0 Å². The number of aliphatic imine (C=N–C) groups is 1. The number of fused-ring (bicyclic) bond motifs is 2. The highest BCUT2D eigenvalue weighted by atomic mass is 32.2. The van der Waals surface area contributed by atoms with Gasteiger partial charge in [0.25, 0.3) is 0 Å². The SMILES string of the molecule is CCCC(=NC(C)(C)C[S+]1c2ccccc2Sc2ccccc21)OC. The number of rotatable bonds is 5. The molecule has 0 amide bonds. The Morgan fingerprint density at radius 3 is 2.12 bits per heavy atom. The first kappa shape index (κ1) is 18.4. The van der Waals surface area contributed by atoms with E-state index in [2.05, 4.69) is 69.3 Å². The average molecular weight is 373 g/mol. The van der Waals surface area contributed by atoms with Crippen LogP contribution in [-0.2, 0) is 15.6 Å². The van der Waals surface area contributed by atoms with Gasteiger partial charge in [-0.3, -0.25) is 0 Å². The molecule has 0 fully saturated rings. The average Bonchev–Trinajstić information content (AvgIpc) is 2.61. The van der Waals surface area contributed by atoms with Crippen molar-refractivity contribution in [2.75, 3.05) is 12.9 Å². The Hall–Kier alpha value is -1.39. The lowest BCUT2D eigenvalue weighted by Gasteiger charge is -2.25. The van der Waals surface area contributed by atoms with Crippen molar-refractivity contribution in [3.8, 4) is 0 Å². The van der Waals surface area contributed by atoms with E-state index in [4.69, 9.17) is 9.73 Å². The fraction of sp³-hybridized carbons (Fsp3) is 0.381. The maximum atomic E-state index is 5.50. The van der Waals surface area contributed by atoms with E-state index >= 15 is 0 Å². The van der Waals surface area contributed by atoms with Crippen LogP contribution in [0, 0.1) is 0 Å². The molecule has 0 radical (unpaired) electrons. The molecule has 0 atom stereocenters. The first-order valence-corrected chi connectivity index (χ1v) is 10.9. The lowest BCUT2D eigenvalue weighted by molar-refractivity contribution is 0.377. The van der Waals surface area contributed by atoms with Gasteiger partial charge in [-0.25, -0.2) is 4.99 Å². The standard InChI is InChI=1S/C21H26NOS2/c1-5-10-20(23-4)22-21(2,3)15-25-18-13-8-6-11-16(18)24-17-12-7-9-14-19(17)25/h6-9,11-14H,5,10,15H2,1-4H3/q+1. The third kappa shape index (κ3) is 4.24. The van der Waals surface area contributed by atoms with Crippen LogP contribution in [0.15, 0.2) is 73.1 Å². The van der Waals surface area contributed by atoms with E-state index in [9.17, 15) is 0 Å². The summed E-state index contributed by atoms with van der Waals surface area (Å²) in [5.41, 5.74) is -0.161. The van der Waals surface area contributed by atoms with Gasteiger partial charge >= 0.3 is 0 Å². The van der Waals surface area contributed by atoms with Gasteiger partial charge in [0, 0.05) is 6.42 Å². The molecule has 0 saturated heterocycles. The van der Waals surface area contributed by atoms with Crippen LogP contribution in [0.2, 0.25) is 0 Å². The number of hydrogen-bond donors (Lipinski definition) is 0. The molecule has 0 bridgehead atoms. The maximum absolute atomic E-state index is 5.50. The first-order chi connectivity index (χ1) is 12.0. The van der Waals surface area contributed by atoms with E-state index in [0.29, 0.717) is 0 Å². The minimum atomic E-state index is -0.161. The molecule has 25 heavy (non-hydrogen) atoms. The first-order valence-electron chi connectivity index (χ1n) is 8.73. The van der Waals surface area contributed by atoms with Crippen LogP contribution in [-0.4, -0.2) is 24.3 Å². The van der Waals surface area contributed by atoms with E-state index in [0.717, 1.165) is 24.5 Å². The molecule has 0 aromatic heterocycles. The van der Waals surface area contributed by atoms with Crippen LogP contribution in [0.25, 0.3) is 0 Å². The van der Waals surface area contributed by atoms with Crippen molar-refractivity contribution in [3.05, 3.63) is 48.5 Å². The maximum Gasteiger partial charge on any atom is 0.183 e. The van der Waals surface area contributed by atoms with Crippen LogP contribution in [0.5, 0.6) is 0 Å². The van der Waals surface area contributed by atoms with E-state index in [1.165, 1.54) is 19.6 Å². The van der Waals surface area contributed by atoms with Gasteiger partial charge in [-0.15, -0.1) is 0 Å². The highest BCUT2D eigenvalue weighted by Crippen LogP contribution is 2.46. The second kappa shape index (κ2) is 7.88. The molecule has 0 unspecified atom stereocenters.